The summed E-state index contributed by atoms with van der Waals surface area (Å²) in [6.07, 6.45) is 0. The van der Waals surface area contributed by atoms with Gasteiger partial charge in [0.05, 0.1) is 46.5 Å². The third-order valence-electron chi connectivity index (χ3n) is 4.06. The summed E-state index contributed by atoms with van der Waals surface area (Å²) >= 11 is 4.77. The number of hydrogen-bond donors (Lipinski definition) is 1. The molecule has 0 spiro atoms. The van der Waals surface area contributed by atoms with Crippen LogP contribution in [0.4, 0.5) is 11.4 Å². The molecule has 1 aliphatic rings. The molecule has 0 aliphatic carbocycles. The van der Waals surface area contributed by atoms with Crippen molar-refractivity contribution < 1.29 is 19.0 Å². The van der Waals surface area contributed by atoms with E-state index in [4.69, 9.17) is 14.2 Å². The molecular weight excluding hydrogens is 432 g/mol. The predicted molar refractivity (Wildman–Crippen MR) is 112 cm³/mol. The number of rotatable bonds is 7. The fraction of sp³-hybridized carbons (Fsp3) is 0.421. The molecule has 1 fully saturated rings. The van der Waals surface area contributed by atoms with Crippen molar-refractivity contribution in [1.29, 1.82) is 0 Å². The number of anilines is 2. The minimum Gasteiger partial charge on any atom is -0.492 e. The van der Waals surface area contributed by atoms with E-state index in [0.717, 1.165) is 28.3 Å². The Morgan fingerprint density at radius 3 is 2.52 bits per heavy atom. The molecule has 6 nitrogen and oxygen atoms in total. The number of ether oxygens (including phenoxy) is 3. The molecule has 0 atom stereocenters. The highest BCUT2D eigenvalue weighted by atomic mass is 79.9. The Hall–Kier alpha value is -1.77. The average molecular weight is 455 g/mol. The van der Waals surface area contributed by atoms with Crippen molar-refractivity contribution in [3.63, 3.8) is 0 Å². The minimum absolute atomic E-state index is 0.173. The van der Waals surface area contributed by atoms with Crippen LogP contribution in [0.1, 0.15) is 23.5 Å². The van der Waals surface area contributed by atoms with Crippen molar-refractivity contribution in [2.75, 3.05) is 49.7 Å². The van der Waals surface area contributed by atoms with Crippen LogP contribution >= 0.6 is 27.3 Å². The second-order valence-electron chi connectivity index (χ2n) is 5.84. The van der Waals surface area contributed by atoms with Gasteiger partial charge in [-0.1, -0.05) is 0 Å². The van der Waals surface area contributed by atoms with Gasteiger partial charge in [-0.3, -0.25) is 4.79 Å². The summed E-state index contributed by atoms with van der Waals surface area (Å²) in [5.74, 6) is 1.19. The monoisotopic (exact) mass is 454 g/mol. The normalized spacial score (nSPS) is 14.1. The molecule has 0 bridgehead atoms. The van der Waals surface area contributed by atoms with Gasteiger partial charge in [-0.25, -0.2) is 0 Å². The minimum atomic E-state index is -0.173. The van der Waals surface area contributed by atoms with Gasteiger partial charge in [-0.15, -0.1) is 11.3 Å². The average Bonchev–Trinajstić information content (AvgIpc) is 3.11. The Morgan fingerprint density at radius 2 is 1.89 bits per heavy atom. The number of nitrogens with zero attached hydrogens (tertiary/aromatic N) is 1. The van der Waals surface area contributed by atoms with E-state index < -0.39 is 0 Å². The topological polar surface area (TPSA) is 60.0 Å². The lowest BCUT2D eigenvalue weighted by Crippen LogP contribution is -2.36. The number of halogens is 1. The maximum absolute atomic E-state index is 12.6. The molecule has 8 heteroatoms. The molecule has 0 saturated carbocycles. The van der Waals surface area contributed by atoms with E-state index in [0.29, 0.717) is 42.7 Å². The molecule has 2 heterocycles. The summed E-state index contributed by atoms with van der Waals surface area (Å²) in [6.45, 7) is 7.86. The first-order valence-electron chi connectivity index (χ1n) is 8.95. The largest absolute Gasteiger partial charge is 0.492 e. The zero-order chi connectivity index (χ0) is 19.2. The highest BCUT2D eigenvalue weighted by molar-refractivity contribution is 9.11. The summed E-state index contributed by atoms with van der Waals surface area (Å²) in [5.41, 5.74) is 1.56. The number of carbonyl (C=O) groups is 1. The predicted octanol–water partition coefficient (Wildman–Crippen LogP) is 4.40. The fourth-order valence-corrected chi connectivity index (χ4v) is 4.15. The highest BCUT2D eigenvalue weighted by Gasteiger charge is 2.21. The Bertz CT molecular complexity index is 790. The second kappa shape index (κ2) is 9.43. The van der Waals surface area contributed by atoms with E-state index >= 15 is 0 Å². The molecule has 27 heavy (non-hydrogen) atoms. The molecule has 1 saturated heterocycles. The fourth-order valence-electron chi connectivity index (χ4n) is 2.86. The first-order chi connectivity index (χ1) is 13.1. The van der Waals surface area contributed by atoms with Gasteiger partial charge in [0.2, 0.25) is 0 Å². The molecule has 0 unspecified atom stereocenters. The van der Waals surface area contributed by atoms with Crippen molar-refractivity contribution in [3.8, 4) is 11.5 Å². The van der Waals surface area contributed by atoms with Gasteiger partial charge in [-0.2, -0.15) is 0 Å². The van der Waals surface area contributed by atoms with E-state index in [9.17, 15) is 4.79 Å². The number of nitrogens with one attached hydrogen (secondary N) is 1. The summed E-state index contributed by atoms with van der Waals surface area (Å²) in [5, 5.41) is 2.96. The molecule has 3 rings (SSSR count). The Morgan fingerprint density at radius 1 is 1.19 bits per heavy atom. The summed E-state index contributed by atoms with van der Waals surface area (Å²) in [6, 6.07) is 7.44. The van der Waals surface area contributed by atoms with E-state index in [-0.39, 0.29) is 5.91 Å². The lowest BCUT2D eigenvalue weighted by Gasteiger charge is -2.31. The van der Waals surface area contributed by atoms with Crippen LogP contribution in [0.3, 0.4) is 0 Å². The Kier molecular flexibility index (Phi) is 6.98. The molecule has 1 aromatic carbocycles. The number of morpholine rings is 1. The lowest BCUT2D eigenvalue weighted by atomic mass is 10.2. The van der Waals surface area contributed by atoms with Crippen LogP contribution in [0.2, 0.25) is 0 Å². The summed E-state index contributed by atoms with van der Waals surface area (Å²) < 4.78 is 18.0. The van der Waals surface area contributed by atoms with Gasteiger partial charge in [0.15, 0.2) is 0 Å². The van der Waals surface area contributed by atoms with E-state index in [2.05, 4.69) is 26.1 Å². The van der Waals surface area contributed by atoms with Gasteiger partial charge < -0.3 is 24.4 Å². The smallest absolute Gasteiger partial charge is 0.265 e. The highest BCUT2D eigenvalue weighted by Crippen LogP contribution is 2.39. The van der Waals surface area contributed by atoms with Gasteiger partial charge in [0.25, 0.3) is 5.91 Å². The molecular formula is C19H23BrN2O4S. The van der Waals surface area contributed by atoms with Crippen LogP contribution < -0.4 is 19.7 Å². The van der Waals surface area contributed by atoms with Crippen LogP contribution in [0.5, 0.6) is 11.5 Å². The van der Waals surface area contributed by atoms with Crippen LogP contribution in [0.15, 0.2) is 28.1 Å². The molecule has 1 aliphatic heterocycles. The zero-order valence-electron chi connectivity index (χ0n) is 15.4. The van der Waals surface area contributed by atoms with Crippen LogP contribution in [0.25, 0.3) is 0 Å². The maximum Gasteiger partial charge on any atom is 0.265 e. The first kappa shape index (κ1) is 20.0. The van der Waals surface area contributed by atoms with Gasteiger partial charge in [0, 0.05) is 25.2 Å². The van der Waals surface area contributed by atoms with E-state index in [1.54, 1.807) is 6.07 Å². The standard InChI is InChI=1S/C19H23BrN2O4S/c1-3-25-15-12-14(22-7-9-24-10-8-22)16(26-4-2)11-13(15)21-19(23)17-5-6-18(20)27-17/h5-6,11-12H,3-4,7-10H2,1-2H3,(H,21,23). The number of benzene rings is 1. The molecule has 1 aromatic heterocycles. The number of thiophene rings is 1. The van der Waals surface area contributed by atoms with Crippen LogP contribution in [-0.4, -0.2) is 45.4 Å². The van der Waals surface area contributed by atoms with Crippen LogP contribution in [0, 0.1) is 0 Å². The Labute approximate surface area is 171 Å². The molecule has 1 amide bonds. The van der Waals surface area contributed by atoms with Crippen molar-refractivity contribution in [1.82, 2.24) is 0 Å². The quantitative estimate of drug-likeness (QED) is 0.671. The number of amides is 1. The molecule has 0 radical (unpaired) electrons. The summed E-state index contributed by atoms with van der Waals surface area (Å²) in [7, 11) is 0. The first-order valence-corrected chi connectivity index (χ1v) is 10.6. The van der Waals surface area contributed by atoms with Crippen molar-refractivity contribution in [2.24, 2.45) is 0 Å². The molecule has 2 aromatic rings. The lowest BCUT2D eigenvalue weighted by molar-refractivity contribution is 0.103. The van der Waals surface area contributed by atoms with Gasteiger partial charge >= 0.3 is 0 Å². The SMILES string of the molecule is CCOc1cc(N2CCOCC2)c(OCC)cc1NC(=O)c1ccc(Br)s1. The third kappa shape index (κ3) is 4.94. The zero-order valence-corrected chi connectivity index (χ0v) is 17.8. The van der Waals surface area contributed by atoms with E-state index in [1.807, 2.05) is 32.0 Å². The van der Waals surface area contributed by atoms with Crippen molar-refractivity contribution >= 4 is 44.5 Å². The van der Waals surface area contributed by atoms with E-state index in [1.165, 1.54) is 11.3 Å². The third-order valence-corrected chi connectivity index (χ3v) is 5.68. The molecule has 1 N–H and O–H groups in total. The maximum atomic E-state index is 12.6. The van der Waals surface area contributed by atoms with Gasteiger partial charge in [0.1, 0.15) is 11.5 Å². The molecule has 146 valence electrons. The number of carbonyl (C=O) groups excluding carboxylic acids is 1. The van der Waals surface area contributed by atoms with Crippen molar-refractivity contribution in [3.05, 3.63) is 32.9 Å². The Balaban J connectivity index is 1.93. The van der Waals surface area contributed by atoms with Crippen LogP contribution in [-0.2, 0) is 4.74 Å². The second-order valence-corrected chi connectivity index (χ2v) is 8.30. The number of hydrogen-bond acceptors (Lipinski definition) is 6. The van der Waals surface area contributed by atoms with Crippen molar-refractivity contribution in [2.45, 2.75) is 13.8 Å². The summed E-state index contributed by atoms with van der Waals surface area (Å²) in [4.78, 5) is 15.4. The van der Waals surface area contributed by atoms with Gasteiger partial charge in [-0.05, 0) is 41.9 Å².